The van der Waals surface area contributed by atoms with Gasteiger partial charge in [-0.1, -0.05) is 0 Å². The van der Waals surface area contributed by atoms with Crippen molar-refractivity contribution in [3.63, 3.8) is 0 Å². The van der Waals surface area contributed by atoms with Crippen molar-refractivity contribution in [3.8, 4) is 11.6 Å². The van der Waals surface area contributed by atoms with E-state index in [-0.39, 0.29) is 6.10 Å². The van der Waals surface area contributed by atoms with Gasteiger partial charge < -0.3 is 39.4 Å². The fourth-order valence-electron chi connectivity index (χ4n) is 4.62. The maximum Gasteiger partial charge on any atom is 0.230 e. The standard InChI is InChI=1S/C28H37N9O2/c1-29-22-14-23(25(38-6)15-24(22)35(4)12-11-34(2)3)32-28-30-9-7-26(33-28)39-21-17-37(18-21)20-13-19-8-10-36(5)27(19)31-16-20/h7-10,13-16,21,29H,11-12,17-18H2,1-6H3,(H,30,32,33). The van der Waals surface area contributed by atoms with Gasteiger partial charge in [-0.05, 0) is 32.3 Å². The first-order valence-electron chi connectivity index (χ1n) is 13.0. The SMILES string of the molecule is CNc1cc(Nc2nccc(OC3CN(c4cnc5c(ccn5C)c4)C3)n2)c(OC)cc1N(C)CCN(C)C. The summed E-state index contributed by atoms with van der Waals surface area (Å²) in [5.74, 6) is 1.67. The number of nitrogens with zero attached hydrogens (tertiary/aromatic N) is 7. The number of aromatic nitrogens is 4. The fourth-order valence-corrected chi connectivity index (χ4v) is 4.62. The Morgan fingerprint density at radius 1 is 1.05 bits per heavy atom. The molecule has 2 N–H and O–H groups in total. The van der Waals surface area contributed by atoms with E-state index in [0.717, 1.165) is 60.0 Å². The van der Waals surface area contributed by atoms with E-state index in [4.69, 9.17) is 9.47 Å². The molecule has 39 heavy (non-hydrogen) atoms. The van der Waals surface area contributed by atoms with Crippen LogP contribution in [0.2, 0.25) is 0 Å². The number of fused-ring (bicyclic) bond motifs is 1. The van der Waals surface area contributed by atoms with Crippen LogP contribution in [-0.2, 0) is 7.05 Å². The van der Waals surface area contributed by atoms with Gasteiger partial charge in [0.25, 0.3) is 0 Å². The number of pyridine rings is 1. The minimum absolute atomic E-state index is 0.0432. The van der Waals surface area contributed by atoms with Crippen LogP contribution in [0.4, 0.5) is 28.7 Å². The predicted octanol–water partition coefficient (Wildman–Crippen LogP) is 3.42. The van der Waals surface area contributed by atoms with Crippen LogP contribution in [0.3, 0.4) is 0 Å². The minimum atomic E-state index is 0.0432. The van der Waals surface area contributed by atoms with E-state index < -0.39 is 0 Å². The Labute approximate surface area is 229 Å². The summed E-state index contributed by atoms with van der Waals surface area (Å²) in [5.41, 5.74) is 4.88. The van der Waals surface area contributed by atoms with Crippen molar-refractivity contribution in [1.82, 2.24) is 24.4 Å². The molecule has 0 radical (unpaired) electrons. The molecular weight excluding hydrogens is 494 g/mol. The van der Waals surface area contributed by atoms with Crippen molar-refractivity contribution in [2.75, 3.05) is 81.9 Å². The highest BCUT2D eigenvalue weighted by Gasteiger charge is 2.29. The molecule has 1 aliphatic rings. The summed E-state index contributed by atoms with van der Waals surface area (Å²) < 4.78 is 13.9. The number of benzene rings is 1. The lowest BCUT2D eigenvalue weighted by Crippen LogP contribution is -2.54. The molecule has 0 saturated carbocycles. The van der Waals surface area contributed by atoms with Crippen molar-refractivity contribution in [1.29, 1.82) is 0 Å². The van der Waals surface area contributed by atoms with Crippen LogP contribution >= 0.6 is 0 Å². The number of hydrogen-bond acceptors (Lipinski definition) is 10. The maximum absolute atomic E-state index is 6.16. The van der Waals surface area contributed by atoms with Crippen molar-refractivity contribution in [2.45, 2.75) is 6.10 Å². The van der Waals surface area contributed by atoms with Gasteiger partial charge in [-0.3, -0.25) is 0 Å². The molecule has 1 aliphatic heterocycles. The van der Waals surface area contributed by atoms with E-state index in [2.05, 4.69) is 73.6 Å². The van der Waals surface area contributed by atoms with Gasteiger partial charge in [0.1, 0.15) is 17.5 Å². The van der Waals surface area contributed by atoms with Gasteiger partial charge in [0, 0.05) is 64.1 Å². The third-order valence-electron chi connectivity index (χ3n) is 6.95. The molecule has 1 aromatic carbocycles. The lowest BCUT2D eigenvalue weighted by molar-refractivity contribution is 0.160. The number of aryl methyl sites for hydroxylation is 1. The number of anilines is 5. The summed E-state index contributed by atoms with van der Waals surface area (Å²) >= 11 is 0. The quantitative estimate of drug-likeness (QED) is 0.300. The summed E-state index contributed by atoms with van der Waals surface area (Å²) in [5, 5.41) is 7.73. The Bertz CT molecular complexity index is 1430. The Hall–Kier alpha value is -4.25. The zero-order chi connectivity index (χ0) is 27.5. The molecule has 0 atom stereocenters. The summed E-state index contributed by atoms with van der Waals surface area (Å²) in [7, 11) is 11.8. The molecule has 0 bridgehead atoms. The lowest BCUT2D eigenvalue weighted by Gasteiger charge is -2.40. The van der Waals surface area contributed by atoms with Crippen LogP contribution in [0.15, 0.2) is 48.9 Å². The Morgan fingerprint density at radius 3 is 2.62 bits per heavy atom. The van der Waals surface area contributed by atoms with Gasteiger partial charge in [-0.15, -0.1) is 0 Å². The molecule has 1 saturated heterocycles. The molecule has 3 aromatic heterocycles. The van der Waals surface area contributed by atoms with Crippen molar-refractivity contribution < 1.29 is 9.47 Å². The monoisotopic (exact) mass is 531 g/mol. The van der Waals surface area contributed by atoms with Crippen LogP contribution in [0.25, 0.3) is 11.0 Å². The normalized spacial score (nSPS) is 13.5. The molecule has 1 fully saturated rings. The Balaban J connectivity index is 1.24. The van der Waals surface area contributed by atoms with E-state index in [1.165, 1.54) is 0 Å². The molecular formula is C28H37N9O2. The average Bonchev–Trinajstić information content (AvgIpc) is 3.28. The van der Waals surface area contributed by atoms with Crippen molar-refractivity contribution in [3.05, 3.63) is 48.9 Å². The third kappa shape index (κ3) is 5.78. The molecule has 4 heterocycles. The van der Waals surface area contributed by atoms with E-state index in [0.29, 0.717) is 17.6 Å². The van der Waals surface area contributed by atoms with Gasteiger partial charge in [0.05, 0.1) is 49.1 Å². The largest absolute Gasteiger partial charge is 0.494 e. The van der Waals surface area contributed by atoms with E-state index in [9.17, 15) is 0 Å². The van der Waals surface area contributed by atoms with Gasteiger partial charge in [-0.2, -0.15) is 4.98 Å². The number of likely N-dealkylation sites (N-methyl/N-ethyl adjacent to an activating group) is 2. The molecule has 0 aliphatic carbocycles. The molecule has 5 rings (SSSR count). The summed E-state index contributed by atoms with van der Waals surface area (Å²) in [6, 6.07) is 10.1. The highest BCUT2D eigenvalue weighted by molar-refractivity contribution is 5.81. The Kier molecular flexibility index (Phi) is 7.60. The number of ether oxygens (including phenoxy) is 2. The smallest absolute Gasteiger partial charge is 0.230 e. The van der Waals surface area contributed by atoms with Crippen molar-refractivity contribution >= 4 is 39.7 Å². The Morgan fingerprint density at radius 2 is 1.87 bits per heavy atom. The molecule has 11 nitrogen and oxygen atoms in total. The summed E-state index contributed by atoms with van der Waals surface area (Å²) in [6.07, 6.45) is 5.69. The fraction of sp³-hybridized carbons (Fsp3) is 0.393. The zero-order valence-corrected chi connectivity index (χ0v) is 23.5. The molecule has 206 valence electrons. The van der Waals surface area contributed by atoms with Gasteiger partial charge in [0.15, 0.2) is 0 Å². The van der Waals surface area contributed by atoms with E-state index >= 15 is 0 Å². The number of methoxy groups -OCH3 is 1. The lowest BCUT2D eigenvalue weighted by atomic mass is 10.1. The minimum Gasteiger partial charge on any atom is -0.494 e. The summed E-state index contributed by atoms with van der Waals surface area (Å²) in [4.78, 5) is 20.2. The second kappa shape index (κ2) is 11.2. The highest BCUT2D eigenvalue weighted by atomic mass is 16.5. The van der Waals surface area contributed by atoms with Crippen LogP contribution in [0.1, 0.15) is 0 Å². The molecule has 4 aromatic rings. The van der Waals surface area contributed by atoms with Gasteiger partial charge >= 0.3 is 0 Å². The second-order valence-corrected chi connectivity index (χ2v) is 10.1. The molecule has 0 spiro atoms. The highest BCUT2D eigenvalue weighted by Crippen LogP contribution is 2.37. The van der Waals surface area contributed by atoms with Crippen molar-refractivity contribution in [2.24, 2.45) is 7.05 Å². The number of hydrogen-bond donors (Lipinski definition) is 2. The first kappa shape index (κ1) is 26.4. The van der Waals surface area contributed by atoms with Gasteiger partial charge in [-0.25, -0.2) is 9.97 Å². The predicted molar refractivity (Wildman–Crippen MR) is 157 cm³/mol. The number of nitrogens with one attached hydrogen (secondary N) is 2. The van der Waals surface area contributed by atoms with Crippen LogP contribution in [0.5, 0.6) is 11.6 Å². The topological polar surface area (TPSA) is 95.8 Å². The van der Waals surface area contributed by atoms with Crippen LogP contribution in [0, 0.1) is 0 Å². The first-order valence-corrected chi connectivity index (χ1v) is 13.0. The van der Waals surface area contributed by atoms with Crippen LogP contribution in [-0.4, -0.2) is 92.0 Å². The maximum atomic E-state index is 6.16. The third-order valence-corrected chi connectivity index (χ3v) is 6.95. The molecule has 0 amide bonds. The first-order chi connectivity index (χ1) is 18.8. The van der Waals surface area contributed by atoms with E-state index in [1.807, 2.05) is 43.2 Å². The molecule has 0 unspecified atom stereocenters. The average molecular weight is 532 g/mol. The zero-order valence-electron chi connectivity index (χ0n) is 23.5. The summed E-state index contributed by atoms with van der Waals surface area (Å²) in [6.45, 7) is 3.38. The number of rotatable bonds is 11. The second-order valence-electron chi connectivity index (χ2n) is 10.1. The van der Waals surface area contributed by atoms with Crippen LogP contribution < -0.4 is 29.9 Å². The molecule has 11 heteroatoms. The van der Waals surface area contributed by atoms with E-state index in [1.54, 1.807) is 19.4 Å². The van der Waals surface area contributed by atoms with Gasteiger partial charge in [0.2, 0.25) is 11.8 Å².